The number of amides is 2. The van der Waals surface area contributed by atoms with Crippen LogP contribution in [0.1, 0.15) is 11.1 Å². The standard InChI is InChI=1S/C30H26F3N7O4/c1-43-20-12-10-19(11-13-20)25-37-26-21-8-5-9-22(30(31,32)33)24(21)36-28(40(26)38-25)35-23-16-39(15-14-34-27(23)41)29(42)44-17-18-6-3-2-4-7-18/h2-13,23H,14-17H2,1H3,(H,34,41)(H,35,36)/t23-/m1/s1. The molecule has 0 aliphatic carbocycles. The highest BCUT2D eigenvalue weighted by Gasteiger charge is 2.35. The number of ether oxygens (including phenoxy) is 2. The quantitative estimate of drug-likeness (QED) is 0.290. The number of nitrogens with zero attached hydrogens (tertiary/aromatic N) is 5. The molecule has 0 unspecified atom stereocenters. The summed E-state index contributed by atoms with van der Waals surface area (Å²) in [5.41, 5.74) is 0.145. The summed E-state index contributed by atoms with van der Waals surface area (Å²) in [6, 6.07) is 18.6. The Bertz CT molecular complexity index is 1830. The first-order valence-corrected chi connectivity index (χ1v) is 13.6. The molecule has 0 bridgehead atoms. The molecule has 1 atom stereocenters. The predicted molar refractivity (Wildman–Crippen MR) is 154 cm³/mol. The summed E-state index contributed by atoms with van der Waals surface area (Å²) in [6.45, 7) is 0.222. The Morgan fingerprint density at radius 3 is 2.55 bits per heavy atom. The molecule has 5 aromatic rings. The number of carbonyl (C=O) groups excluding carboxylic acids is 2. The van der Waals surface area contributed by atoms with Gasteiger partial charge in [-0.1, -0.05) is 36.4 Å². The average molecular weight is 606 g/mol. The van der Waals surface area contributed by atoms with E-state index in [4.69, 9.17) is 9.47 Å². The zero-order valence-electron chi connectivity index (χ0n) is 23.3. The van der Waals surface area contributed by atoms with E-state index in [0.717, 1.165) is 11.6 Å². The second-order valence-corrected chi connectivity index (χ2v) is 10.0. The lowest BCUT2D eigenvalue weighted by atomic mass is 10.1. The highest BCUT2D eigenvalue weighted by Crippen LogP contribution is 2.36. The molecule has 2 N–H and O–H groups in total. The smallest absolute Gasteiger partial charge is 0.418 e. The van der Waals surface area contributed by atoms with Gasteiger partial charge >= 0.3 is 12.3 Å². The summed E-state index contributed by atoms with van der Waals surface area (Å²) in [5.74, 6) is 0.195. The lowest BCUT2D eigenvalue weighted by Gasteiger charge is -2.23. The summed E-state index contributed by atoms with van der Waals surface area (Å²) in [7, 11) is 1.53. The number of benzene rings is 3. The number of aromatic nitrogens is 4. The van der Waals surface area contributed by atoms with E-state index < -0.39 is 29.8 Å². The average Bonchev–Trinajstić information content (AvgIpc) is 3.40. The van der Waals surface area contributed by atoms with Gasteiger partial charge in [-0.15, -0.1) is 5.10 Å². The van der Waals surface area contributed by atoms with Gasteiger partial charge in [0.15, 0.2) is 11.5 Å². The summed E-state index contributed by atoms with van der Waals surface area (Å²) < 4.78 is 54.1. The number of hydrogen-bond donors (Lipinski definition) is 2. The van der Waals surface area contributed by atoms with Gasteiger partial charge in [0, 0.05) is 24.0 Å². The van der Waals surface area contributed by atoms with Crippen molar-refractivity contribution in [3.63, 3.8) is 0 Å². The number of rotatable bonds is 6. The van der Waals surface area contributed by atoms with E-state index >= 15 is 0 Å². The second kappa shape index (κ2) is 11.7. The van der Waals surface area contributed by atoms with Crippen molar-refractivity contribution in [3.05, 3.63) is 83.9 Å². The maximum atomic E-state index is 14.1. The summed E-state index contributed by atoms with van der Waals surface area (Å²) >= 11 is 0. The van der Waals surface area contributed by atoms with Crippen LogP contribution in [-0.2, 0) is 22.3 Å². The minimum atomic E-state index is -4.71. The summed E-state index contributed by atoms with van der Waals surface area (Å²) in [4.78, 5) is 36.2. The Morgan fingerprint density at radius 1 is 1.05 bits per heavy atom. The van der Waals surface area contributed by atoms with Gasteiger partial charge in [-0.3, -0.25) is 4.79 Å². The van der Waals surface area contributed by atoms with Crippen molar-refractivity contribution in [2.24, 2.45) is 0 Å². The highest BCUT2D eigenvalue weighted by atomic mass is 19.4. The molecule has 1 aliphatic rings. The van der Waals surface area contributed by atoms with Crippen LogP contribution in [0.5, 0.6) is 5.75 Å². The molecule has 6 rings (SSSR count). The first-order chi connectivity index (χ1) is 21.2. The van der Waals surface area contributed by atoms with Crippen LogP contribution >= 0.6 is 0 Å². The first kappa shape index (κ1) is 28.7. The molecule has 1 aliphatic heterocycles. The molecule has 0 saturated carbocycles. The van der Waals surface area contributed by atoms with Crippen LogP contribution < -0.4 is 15.4 Å². The predicted octanol–water partition coefficient (Wildman–Crippen LogP) is 4.52. The van der Waals surface area contributed by atoms with Crippen molar-refractivity contribution in [1.29, 1.82) is 0 Å². The molecule has 1 saturated heterocycles. The van der Waals surface area contributed by atoms with Gasteiger partial charge in [-0.25, -0.2) is 14.8 Å². The summed E-state index contributed by atoms with van der Waals surface area (Å²) in [6.07, 6.45) is -5.35. The van der Waals surface area contributed by atoms with Gasteiger partial charge in [-0.05, 0) is 42.0 Å². The van der Waals surface area contributed by atoms with Crippen molar-refractivity contribution < 1.29 is 32.2 Å². The number of alkyl halides is 3. The number of halogens is 3. The molecule has 226 valence electrons. The molecule has 11 nitrogen and oxygen atoms in total. The second-order valence-electron chi connectivity index (χ2n) is 10.0. The number of nitrogens with one attached hydrogen (secondary N) is 2. The number of methoxy groups -OCH3 is 1. The monoisotopic (exact) mass is 605 g/mol. The zero-order valence-corrected chi connectivity index (χ0v) is 23.3. The molecule has 3 heterocycles. The van der Waals surface area contributed by atoms with Crippen LogP contribution in [0.2, 0.25) is 0 Å². The van der Waals surface area contributed by atoms with E-state index in [2.05, 4.69) is 25.7 Å². The molecule has 0 radical (unpaired) electrons. The zero-order chi connectivity index (χ0) is 30.8. The van der Waals surface area contributed by atoms with Gasteiger partial charge in [0.2, 0.25) is 11.9 Å². The number of hydrogen-bond acceptors (Lipinski definition) is 8. The fraction of sp³-hybridized carbons (Fsp3) is 0.233. The molecule has 3 aromatic carbocycles. The van der Waals surface area contributed by atoms with Crippen molar-refractivity contribution in [2.75, 3.05) is 32.1 Å². The fourth-order valence-electron chi connectivity index (χ4n) is 4.89. The normalized spacial score (nSPS) is 15.6. The largest absolute Gasteiger partial charge is 0.497 e. The van der Waals surface area contributed by atoms with Gasteiger partial charge in [0.25, 0.3) is 0 Å². The maximum absolute atomic E-state index is 14.1. The van der Waals surface area contributed by atoms with Crippen molar-refractivity contribution in [2.45, 2.75) is 18.8 Å². The van der Waals surface area contributed by atoms with Gasteiger partial charge in [0.1, 0.15) is 18.4 Å². The Hall–Kier alpha value is -5.40. The van der Waals surface area contributed by atoms with E-state index in [1.807, 2.05) is 30.3 Å². The number of anilines is 1. The van der Waals surface area contributed by atoms with Crippen LogP contribution in [0.4, 0.5) is 23.9 Å². The molecule has 14 heteroatoms. The van der Waals surface area contributed by atoms with Gasteiger partial charge in [0.05, 0.1) is 24.7 Å². The highest BCUT2D eigenvalue weighted by molar-refractivity contribution is 5.95. The van der Waals surface area contributed by atoms with Crippen molar-refractivity contribution >= 4 is 34.5 Å². The van der Waals surface area contributed by atoms with Crippen LogP contribution in [-0.4, -0.2) is 69.3 Å². The molecule has 2 amide bonds. The lowest BCUT2D eigenvalue weighted by Crippen LogP contribution is -2.44. The van der Waals surface area contributed by atoms with Crippen LogP contribution in [0.25, 0.3) is 27.9 Å². The molecule has 0 spiro atoms. The minimum Gasteiger partial charge on any atom is -0.497 e. The number of carbonyl (C=O) groups is 2. The SMILES string of the molecule is COc1ccc(-c2nc3c4cccc(C(F)(F)F)c4nc(N[C@@H]4CN(C(=O)OCc5ccccc5)CCNC4=O)n3n2)cc1. The molecule has 2 aromatic heterocycles. The third kappa shape index (κ3) is 5.78. The number of para-hydroxylation sites is 1. The first-order valence-electron chi connectivity index (χ1n) is 13.6. The lowest BCUT2D eigenvalue weighted by molar-refractivity contribution is -0.136. The molecular formula is C30H26F3N7O4. The molecule has 1 fully saturated rings. The van der Waals surface area contributed by atoms with E-state index in [-0.39, 0.29) is 54.6 Å². The van der Waals surface area contributed by atoms with E-state index in [1.165, 1.54) is 28.7 Å². The minimum absolute atomic E-state index is 0.0375. The third-order valence-corrected chi connectivity index (χ3v) is 7.12. The van der Waals surface area contributed by atoms with Crippen LogP contribution in [0.15, 0.2) is 72.8 Å². The van der Waals surface area contributed by atoms with E-state index in [1.54, 1.807) is 24.3 Å². The van der Waals surface area contributed by atoms with E-state index in [9.17, 15) is 22.8 Å². The van der Waals surface area contributed by atoms with Crippen molar-refractivity contribution in [3.8, 4) is 17.1 Å². The Balaban J connectivity index is 1.37. The third-order valence-electron chi connectivity index (χ3n) is 7.12. The maximum Gasteiger partial charge on any atom is 0.418 e. The van der Waals surface area contributed by atoms with Crippen LogP contribution in [0, 0.1) is 0 Å². The fourth-order valence-corrected chi connectivity index (χ4v) is 4.89. The number of fused-ring (bicyclic) bond motifs is 3. The van der Waals surface area contributed by atoms with Gasteiger partial charge in [-0.2, -0.15) is 17.7 Å². The molecule has 44 heavy (non-hydrogen) atoms. The van der Waals surface area contributed by atoms with Crippen LogP contribution in [0.3, 0.4) is 0 Å². The Kier molecular flexibility index (Phi) is 7.64. The van der Waals surface area contributed by atoms with Crippen molar-refractivity contribution in [1.82, 2.24) is 29.8 Å². The van der Waals surface area contributed by atoms with Gasteiger partial charge < -0.3 is 25.0 Å². The summed E-state index contributed by atoms with van der Waals surface area (Å²) in [5, 5.41) is 10.3. The Labute approximate surface area is 248 Å². The topological polar surface area (TPSA) is 123 Å². The Morgan fingerprint density at radius 2 is 1.82 bits per heavy atom. The van der Waals surface area contributed by atoms with E-state index in [0.29, 0.717) is 11.3 Å². The molecular weight excluding hydrogens is 579 g/mol.